The molecule has 1 aliphatic rings. The fraction of sp³-hybridized carbons (Fsp3) is 0.188. The first-order chi connectivity index (χ1) is 11.4. The smallest absolute Gasteiger partial charge is 0.263 e. The Morgan fingerprint density at radius 2 is 2.00 bits per heavy atom. The van der Waals surface area contributed by atoms with Crippen LogP contribution in [0.1, 0.15) is 18.1 Å². The molecule has 1 unspecified atom stereocenters. The minimum atomic E-state index is -3.61. The highest BCUT2D eigenvalue weighted by molar-refractivity contribution is 7.90. The van der Waals surface area contributed by atoms with Crippen molar-refractivity contribution in [2.45, 2.75) is 24.8 Å². The second-order valence-corrected chi connectivity index (χ2v) is 7.12. The van der Waals surface area contributed by atoms with E-state index in [1.165, 1.54) is 6.07 Å². The molecule has 7 nitrogen and oxygen atoms in total. The number of fused-ring (bicyclic) bond motifs is 1. The molecule has 2 N–H and O–H groups in total. The Morgan fingerprint density at radius 1 is 1.25 bits per heavy atom. The third-order valence-corrected chi connectivity index (χ3v) is 4.92. The fourth-order valence-electron chi connectivity index (χ4n) is 2.25. The monoisotopic (exact) mass is 344 g/mol. The molecule has 0 spiro atoms. The number of pyridine rings is 1. The third kappa shape index (κ3) is 3.13. The summed E-state index contributed by atoms with van der Waals surface area (Å²) in [6.07, 6.45) is 1.65. The highest BCUT2D eigenvalue weighted by Gasteiger charge is 2.31. The van der Waals surface area contributed by atoms with Crippen LogP contribution in [0.3, 0.4) is 0 Å². The van der Waals surface area contributed by atoms with Crippen LogP contribution in [0.4, 0.5) is 5.82 Å². The van der Waals surface area contributed by atoms with Gasteiger partial charge in [0.15, 0.2) is 0 Å². The van der Waals surface area contributed by atoms with Crippen molar-refractivity contribution in [2.24, 2.45) is 4.99 Å². The second kappa shape index (κ2) is 6.04. The van der Waals surface area contributed by atoms with Crippen molar-refractivity contribution in [3.8, 4) is 0 Å². The largest absolute Gasteiger partial charge is 0.309 e. The van der Waals surface area contributed by atoms with Gasteiger partial charge in [-0.1, -0.05) is 18.2 Å². The molecule has 8 heteroatoms. The predicted octanol–water partition coefficient (Wildman–Crippen LogP) is 1.46. The number of amidine groups is 1. The lowest BCUT2D eigenvalue weighted by atomic mass is 10.2. The van der Waals surface area contributed by atoms with E-state index < -0.39 is 16.1 Å². The molecule has 3 rings (SSSR count). The summed E-state index contributed by atoms with van der Waals surface area (Å²) in [6.45, 7) is 3.49. The minimum Gasteiger partial charge on any atom is -0.309 e. The van der Waals surface area contributed by atoms with Crippen molar-refractivity contribution >= 4 is 27.6 Å². The summed E-state index contributed by atoms with van der Waals surface area (Å²) < 4.78 is 26.4. The van der Waals surface area contributed by atoms with Crippen LogP contribution in [0, 0.1) is 6.92 Å². The lowest BCUT2D eigenvalue weighted by Crippen LogP contribution is -2.29. The molecular weight excluding hydrogens is 328 g/mol. The van der Waals surface area contributed by atoms with Crippen molar-refractivity contribution in [3.05, 3.63) is 53.7 Å². The number of rotatable bonds is 3. The molecule has 1 aromatic heterocycles. The van der Waals surface area contributed by atoms with E-state index in [1.807, 2.05) is 13.0 Å². The van der Waals surface area contributed by atoms with Gasteiger partial charge in [-0.05, 0) is 37.6 Å². The first-order valence-corrected chi connectivity index (χ1v) is 8.79. The zero-order valence-corrected chi connectivity index (χ0v) is 14.0. The number of aryl methyl sites for hydroxylation is 1. The van der Waals surface area contributed by atoms with Gasteiger partial charge in [0.25, 0.3) is 10.0 Å². The van der Waals surface area contributed by atoms with Crippen LogP contribution in [0.5, 0.6) is 0 Å². The summed E-state index contributed by atoms with van der Waals surface area (Å²) in [5, 5.41) is 2.65. The predicted molar refractivity (Wildman–Crippen MR) is 90.4 cm³/mol. The summed E-state index contributed by atoms with van der Waals surface area (Å²) >= 11 is 0. The first kappa shape index (κ1) is 16.1. The van der Waals surface area contributed by atoms with E-state index >= 15 is 0 Å². The Hall–Kier alpha value is -2.74. The van der Waals surface area contributed by atoms with Crippen molar-refractivity contribution in [3.63, 3.8) is 0 Å². The number of aliphatic imine (C=N–C) groups is 1. The van der Waals surface area contributed by atoms with Crippen LogP contribution in [-0.2, 0) is 14.8 Å². The van der Waals surface area contributed by atoms with Gasteiger partial charge in [0, 0.05) is 11.8 Å². The fourth-order valence-corrected chi connectivity index (χ4v) is 3.49. The highest BCUT2D eigenvalue weighted by atomic mass is 32.2. The zero-order chi connectivity index (χ0) is 17.3. The van der Waals surface area contributed by atoms with Crippen molar-refractivity contribution in [1.82, 2.24) is 9.71 Å². The van der Waals surface area contributed by atoms with Gasteiger partial charge >= 0.3 is 0 Å². The maximum atomic E-state index is 12.2. The molecule has 0 radical (unpaired) electrons. The Kier molecular flexibility index (Phi) is 4.06. The summed E-state index contributed by atoms with van der Waals surface area (Å²) in [5.41, 5.74) is 1.45. The van der Waals surface area contributed by atoms with Gasteiger partial charge in [0.1, 0.15) is 17.7 Å². The maximum Gasteiger partial charge on any atom is 0.263 e. The van der Waals surface area contributed by atoms with Gasteiger partial charge in [0.05, 0.1) is 4.90 Å². The molecule has 1 atom stereocenters. The molecular formula is C16H16N4O3S. The average Bonchev–Trinajstić information content (AvgIpc) is 2.81. The molecule has 1 aromatic carbocycles. The Bertz CT molecular complexity index is 921. The molecule has 0 saturated carbocycles. The van der Waals surface area contributed by atoms with Crippen LogP contribution >= 0.6 is 0 Å². The van der Waals surface area contributed by atoms with Crippen molar-refractivity contribution in [1.29, 1.82) is 0 Å². The minimum absolute atomic E-state index is 0.163. The van der Waals surface area contributed by atoms with Crippen LogP contribution in [0.2, 0.25) is 0 Å². The number of amides is 1. The molecule has 2 heterocycles. The Morgan fingerprint density at radius 3 is 2.71 bits per heavy atom. The lowest BCUT2D eigenvalue weighted by molar-refractivity contribution is -0.117. The number of benzene rings is 1. The number of nitrogens with one attached hydrogen (secondary N) is 2. The molecule has 1 amide bonds. The average molecular weight is 344 g/mol. The third-order valence-electron chi connectivity index (χ3n) is 3.53. The Labute approximate surface area is 139 Å². The number of nitrogens with zero attached hydrogens (tertiary/aromatic N) is 2. The van der Waals surface area contributed by atoms with Crippen LogP contribution in [0.15, 0.2) is 52.5 Å². The summed E-state index contributed by atoms with van der Waals surface area (Å²) in [6, 6.07) is 9.26. The second-order valence-electron chi connectivity index (χ2n) is 5.47. The van der Waals surface area contributed by atoms with Crippen LogP contribution in [0.25, 0.3) is 0 Å². The number of anilines is 1. The van der Waals surface area contributed by atoms with Gasteiger partial charge in [-0.15, -0.1) is 0 Å². The van der Waals surface area contributed by atoms with E-state index in [-0.39, 0.29) is 16.6 Å². The number of hydrogen-bond acceptors (Lipinski definition) is 5. The molecule has 24 heavy (non-hydrogen) atoms. The summed E-state index contributed by atoms with van der Waals surface area (Å²) in [5.74, 6) is 0.220. The van der Waals surface area contributed by atoms with E-state index in [0.717, 1.165) is 5.56 Å². The normalized spacial score (nSPS) is 17.8. The van der Waals surface area contributed by atoms with Crippen molar-refractivity contribution < 1.29 is 13.2 Å². The van der Waals surface area contributed by atoms with Gasteiger partial charge in [-0.2, -0.15) is 0 Å². The SMILES string of the molecule is Cc1ccc(NC(=O)C(C)N=C2NS(=O)(=O)c3ccccc32)nc1. The van der Waals surface area contributed by atoms with Crippen LogP contribution < -0.4 is 10.0 Å². The Balaban J connectivity index is 1.81. The van der Waals surface area contributed by atoms with E-state index in [0.29, 0.717) is 11.4 Å². The molecule has 1 aliphatic heterocycles. The standard InChI is InChI=1S/C16H16N4O3S/c1-10-7-8-14(17-9-10)19-16(21)11(2)18-15-12-5-3-4-6-13(12)24(22,23)20-15/h3-9,11H,1-2H3,(H,18,20)(H,17,19,21). The number of sulfonamides is 1. The van der Waals surface area contributed by atoms with Crippen molar-refractivity contribution in [2.75, 3.05) is 5.32 Å². The molecule has 0 fully saturated rings. The maximum absolute atomic E-state index is 12.2. The van der Waals surface area contributed by atoms with E-state index in [1.54, 1.807) is 37.4 Å². The molecule has 0 saturated heterocycles. The van der Waals surface area contributed by atoms with Crippen LogP contribution in [-0.4, -0.2) is 31.2 Å². The van der Waals surface area contributed by atoms with Gasteiger partial charge in [-0.3, -0.25) is 14.5 Å². The van der Waals surface area contributed by atoms with E-state index in [4.69, 9.17) is 0 Å². The van der Waals surface area contributed by atoms with E-state index in [2.05, 4.69) is 20.0 Å². The molecule has 124 valence electrons. The lowest BCUT2D eigenvalue weighted by Gasteiger charge is -2.09. The number of aromatic nitrogens is 1. The number of carbonyl (C=O) groups excluding carboxylic acids is 1. The zero-order valence-electron chi connectivity index (χ0n) is 13.1. The van der Waals surface area contributed by atoms with Gasteiger partial charge < -0.3 is 5.32 Å². The molecule has 2 aromatic rings. The summed E-state index contributed by atoms with van der Waals surface area (Å²) in [7, 11) is -3.61. The number of carbonyl (C=O) groups is 1. The van der Waals surface area contributed by atoms with Gasteiger partial charge in [0.2, 0.25) is 5.91 Å². The van der Waals surface area contributed by atoms with Gasteiger partial charge in [-0.25, -0.2) is 13.4 Å². The summed E-state index contributed by atoms with van der Waals surface area (Å²) in [4.78, 5) is 20.7. The highest BCUT2D eigenvalue weighted by Crippen LogP contribution is 2.22. The topological polar surface area (TPSA) is 101 Å². The molecule has 0 bridgehead atoms. The number of hydrogen-bond donors (Lipinski definition) is 2. The molecule has 0 aliphatic carbocycles. The van der Waals surface area contributed by atoms with E-state index in [9.17, 15) is 13.2 Å². The first-order valence-electron chi connectivity index (χ1n) is 7.30. The quantitative estimate of drug-likeness (QED) is 0.880.